The number of hydrogen-bond acceptors (Lipinski definition) is 2. The Kier molecular flexibility index (Phi) is 3.43. The van der Waals surface area contributed by atoms with Crippen molar-refractivity contribution in [3.05, 3.63) is 30.1 Å². The first-order valence-electron chi connectivity index (χ1n) is 5.73. The van der Waals surface area contributed by atoms with Crippen LogP contribution in [-0.2, 0) is 0 Å². The fourth-order valence-electron chi connectivity index (χ4n) is 2.33. The molecule has 16 heavy (non-hydrogen) atoms. The second-order valence-electron chi connectivity index (χ2n) is 4.84. The molecule has 1 aliphatic rings. The Morgan fingerprint density at radius 3 is 2.38 bits per heavy atom. The Hall–Kier alpha value is -0.700. The Morgan fingerprint density at radius 1 is 1.31 bits per heavy atom. The maximum absolute atomic E-state index is 12.8. The zero-order valence-electron chi connectivity index (χ0n) is 9.62. The van der Waals surface area contributed by atoms with Crippen molar-refractivity contribution in [2.45, 2.75) is 19.3 Å². The van der Waals surface area contributed by atoms with E-state index in [0.29, 0.717) is 5.41 Å². The van der Waals surface area contributed by atoms with Gasteiger partial charge >= 0.3 is 0 Å². The molecular weight excluding hydrogens is 221 g/mol. The molecule has 0 aromatic heterocycles. The first-order valence-corrected chi connectivity index (χ1v) is 6.36. The molecule has 0 radical (unpaired) electrons. The maximum Gasteiger partial charge on any atom is 0.123 e. The van der Waals surface area contributed by atoms with Crippen LogP contribution in [0.1, 0.15) is 19.3 Å². The molecule has 1 aromatic carbocycles. The third-order valence-electron chi connectivity index (χ3n) is 3.59. The molecule has 0 spiro atoms. The fourth-order valence-corrected chi connectivity index (χ4v) is 2.75. The van der Waals surface area contributed by atoms with Gasteiger partial charge in [0.1, 0.15) is 5.82 Å². The Balaban J connectivity index is 2.02. The van der Waals surface area contributed by atoms with Gasteiger partial charge in [-0.2, -0.15) is 12.6 Å². The zero-order chi connectivity index (χ0) is 11.6. The molecule has 0 atom stereocenters. The number of thiol groups is 1. The van der Waals surface area contributed by atoms with Gasteiger partial charge in [-0.05, 0) is 48.3 Å². The molecule has 1 fully saturated rings. The van der Waals surface area contributed by atoms with Gasteiger partial charge in [-0.15, -0.1) is 0 Å². The lowest BCUT2D eigenvalue weighted by Crippen LogP contribution is -2.42. The summed E-state index contributed by atoms with van der Waals surface area (Å²) in [5.74, 6) is 0.767. The summed E-state index contributed by atoms with van der Waals surface area (Å²) in [5.41, 5.74) is 1.46. The van der Waals surface area contributed by atoms with E-state index >= 15 is 0 Å². The largest absolute Gasteiger partial charge is 0.374 e. The number of halogens is 1. The van der Waals surface area contributed by atoms with Crippen molar-refractivity contribution in [3.8, 4) is 0 Å². The predicted octanol–water partition coefficient (Wildman–Crippen LogP) is 3.36. The van der Waals surface area contributed by atoms with E-state index in [9.17, 15) is 4.39 Å². The van der Waals surface area contributed by atoms with Crippen molar-refractivity contribution in [2.75, 3.05) is 24.2 Å². The quantitative estimate of drug-likeness (QED) is 0.789. The summed E-state index contributed by atoms with van der Waals surface area (Å²) in [6.07, 6.45) is 3.85. The smallest absolute Gasteiger partial charge is 0.123 e. The van der Waals surface area contributed by atoms with Crippen LogP contribution in [0.15, 0.2) is 24.3 Å². The van der Waals surface area contributed by atoms with Crippen LogP contribution in [0.25, 0.3) is 0 Å². The molecule has 0 saturated heterocycles. The summed E-state index contributed by atoms with van der Waals surface area (Å²) < 4.78 is 12.8. The molecule has 1 aliphatic carbocycles. The van der Waals surface area contributed by atoms with E-state index in [1.807, 2.05) is 12.1 Å². The summed E-state index contributed by atoms with van der Waals surface area (Å²) in [6, 6.07) is 6.69. The molecule has 88 valence electrons. The van der Waals surface area contributed by atoms with Crippen molar-refractivity contribution in [1.82, 2.24) is 0 Å². The fraction of sp³-hybridized carbons (Fsp3) is 0.538. The number of rotatable bonds is 4. The average Bonchev–Trinajstić information content (AvgIpc) is 2.24. The molecular formula is C13H18FNS. The summed E-state index contributed by atoms with van der Waals surface area (Å²) in [4.78, 5) is 2.20. The van der Waals surface area contributed by atoms with Crippen LogP contribution in [-0.4, -0.2) is 19.3 Å². The molecule has 0 heterocycles. The second-order valence-corrected chi connectivity index (χ2v) is 5.16. The van der Waals surface area contributed by atoms with Gasteiger partial charge in [-0.25, -0.2) is 4.39 Å². The number of anilines is 1. The lowest BCUT2D eigenvalue weighted by atomic mass is 9.70. The van der Waals surface area contributed by atoms with Gasteiger partial charge in [-0.3, -0.25) is 0 Å². The van der Waals surface area contributed by atoms with Gasteiger partial charge in [0.15, 0.2) is 0 Å². The molecule has 3 heteroatoms. The zero-order valence-corrected chi connectivity index (χ0v) is 10.5. The van der Waals surface area contributed by atoms with E-state index in [4.69, 9.17) is 0 Å². The average molecular weight is 239 g/mol. The first-order chi connectivity index (χ1) is 7.65. The SMILES string of the molecule is CN(CC1(CS)CCC1)c1ccc(F)cc1. The topological polar surface area (TPSA) is 3.24 Å². The highest BCUT2D eigenvalue weighted by molar-refractivity contribution is 7.80. The minimum Gasteiger partial charge on any atom is -0.374 e. The van der Waals surface area contributed by atoms with Crippen LogP contribution >= 0.6 is 12.6 Å². The summed E-state index contributed by atoms with van der Waals surface area (Å²) >= 11 is 4.45. The van der Waals surface area contributed by atoms with Crippen molar-refractivity contribution in [2.24, 2.45) is 5.41 Å². The molecule has 1 aromatic rings. The van der Waals surface area contributed by atoms with Crippen LogP contribution in [0.3, 0.4) is 0 Å². The van der Waals surface area contributed by atoms with Crippen LogP contribution in [0.4, 0.5) is 10.1 Å². The standard InChI is InChI=1S/C13H18FNS/c1-15(9-13(10-16)7-2-8-13)12-5-3-11(14)4-6-12/h3-6,16H,2,7-10H2,1H3. The van der Waals surface area contributed by atoms with Gasteiger partial charge < -0.3 is 4.90 Å². The highest BCUT2D eigenvalue weighted by Gasteiger charge is 2.36. The second kappa shape index (κ2) is 4.66. The van der Waals surface area contributed by atoms with E-state index in [0.717, 1.165) is 18.0 Å². The van der Waals surface area contributed by atoms with Crippen molar-refractivity contribution >= 4 is 18.3 Å². The molecule has 1 nitrogen and oxygen atoms in total. The summed E-state index contributed by atoms with van der Waals surface area (Å²) in [6.45, 7) is 1.02. The molecule has 0 unspecified atom stereocenters. The normalized spacial score (nSPS) is 17.9. The third-order valence-corrected chi connectivity index (χ3v) is 4.26. The molecule has 1 saturated carbocycles. The van der Waals surface area contributed by atoms with Crippen LogP contribution in [0.2, 0.25) is 0 Å². The lowest BCUT2D eigenvalue weighted by molar-refractivity contribution is 0.178. The molecule has 0 bridgehead atoms. The number of nitrogens with zero attached hydrogens (tertiary/aromatic N) is 1. The van der Waals surface area contributed by atoms with E-state index < -0.39 is 0 Å². The van der Waals surface area contributed by atoms with Gasteiger partial charge in [0.2, 0.25) is 0 Å². The monoisotopic (exact) mass is 239 g/mol. The van der Waals surface area contributed by atoms with Crippen LogP contribution in [0.5, 0.6) is 0 Å². The Morgan fingerprint density at radius 2 is 1.94 bits per heavy atom. The Labute approximate surface area is 102 Å². The number of hydrogen-bond donors (Lipinski definition) is 1. The van der Waals surface area contributed by atoms with Crippen molar-refractivity contribution < 1.29 is 4.39 Å². The molecule has 0 N–H and O–H groups in total. The minimum atomic E-state index is -0.176. The lowest BCUT2D eigenvalue weighted by Gasteiger charge is -2.44. The Bertz CT molecular complexity index is 340. The minimum absolute atomic E-state index is 0.176. The van der Waals surface area contributed by atoms with E-state index in [2.05, 4.69) is 24.6 Å². The summed E-state index contributed by atoms with van der Waals surface area (Å²) in [5, 5.41) is 0. The van der Waals surface area contributed by atoms with E-state index in [1.54, 1.807) is 0 Å². The van der Waals surface area contributed by atoms with Crippen molar-refractivity contribution in [3.63, 3.8) is 0 Å². The van der Waals surface area contributed by atoms with Gasteiger partial charge in [0, 0.05) is 19.3 Å². The van der Waals surface area contributed by atoms with Gasteiger partial charge in [-0.1, -0.05) is 6.42 Å². The summed E-state index contributed by atoms with van der Waals surface area (Å²) in [7, 11) is 2.07. The predicted molar refractivity (Wildman–Crippen MR) is 69.8 cm³/mol. The van der Waals surface area contributed by atoms with Crippen molar-refractivity contribution in [1.29, 1.82) is 0 Å². The molecule has 0 aliphatic heterocycles. The van der Waals surface area contributed by atoms with E-state index in [1.165, 1.54) is 31.4 Å². The van der Waals surface area contributed by atoms with E-state index in [-0.39, 0.29) is 5.82 Å². The number of benzene rings is 1. The van der Waals surface area contributed by atoms with Crippen LogP contribution < -0.4 is 4.90 Å². The molecule has 2 rings (SSSR count). The van der Waals surface area contributed by atoms with Gasteiger partial charge in [0.25, 0.3) is 0 Å². The van der Waals surface area contributed by atoms with Crippen LogP contribution in [0, 0.1) is 11.2 Å². The maximum atomic E-state index is 12.8. The highest BCUT2D eigenvalue weighted by Crippen LogP contribution is 2.42. The highest BCUT2D eigenvalue weighted by atomic mass is 32.1. The molecule has 0 amide bonds. The van der Waals surface area contributed by atoms with Gasteiger partial charge in [0.05, 0.1) is 0 Å². The first kappa shape index (κ1) is 11.8. The third kappa shape index (κ3) is 2.34.